The van der Waals surface area contributed by atoms with Gasteiger partial charge in [-0.3, -0.25) is 9.59 Å². The standard InChI is InChI=1S/C18H28ClNO3S/c1-4-7-15(20-23-9-6-8-19)18-16(21)11-14(12-17(18)22)10-13(3)24-5-2/h6,8,13-14,18H,4-5,7,9-12H2,1-3H3. The first-order chi connectivity index (χ1) is 11.5. The Balaban J connectivity index is 2.73. The number of hydrogen-bond acceptors (Lipinski definition) is 5. The fourth-order valence-electron chi connectivity index (χ4n) is 3.12. The minimum Gasteiger partial charge on any atom is -0.392 e. The second-order valence-corrected chi connectivity index (χ2v) is 8.10. The SMILES string of the molecule is CCCC(=NOCC=CCl)C1C(=O)CC(CC(C)SCC)CC1=O. The monoisotopic (exact) mass is 373 g/mol. The smallest absolute Gasteiger partial charge is 0.149 e. The van der Waals surface area contributed by atoms with Crippen LogP contribution in [0.2, 0.25) is 0 Å². The van der Waals surface area contributed by atoms with Crippen LogP contribution in [0.5, 0.6) is 0 Å². The Morgan fingerprint density at radius 2 is 2.04 bits per heavy atom. The van der Waals surface area contributed by atoms with Crippen LogP contribution in [0.4, 0.5) is 0 Å². The summed E-state index contributed by atoms with van der Waals surface area (Å²) in [5, 5.41) is 4.53. The van der Waals surface area contributed by atoms with Crippen molar-refractivity contribution in [2.75, 3.05) is 12.4 Å². The fraction of sp³-hybridized carbons (Fsp3) is 0.722. The van der Waals surface area contributed by atoms with E-state index in [0.717, 1.165) is 18.6 Å². The highest BCUT2D eigenvalue weighted by Gasteiger charge is 2.38. The minimum absolute atomic E-state index is 0.00589. The summed E-state index contributed by atoms with van der Waals surface area (Å²) < 4.78 is 0. The van der Waals surface area contributed by atoms with E-state index in [1.54, 1.807) is 6.08 Å². The van der Waals surface area contributed by atoms with Gasteiger partial charge in [-0.1, -0.05) is 43.9 Å². The van der Waals surface area contributed by atoms with Gasteiger partial charge in [-0.05, 0) is 30.6 Å². The molecule has 6 heteroatoms. The van der Waals surface area contributed by atoms with Crippen LogP contribution in [0.25, 0.3) is 0 Å². The molecule has 1 aliphatic rings. The van der Waals surface area contributed by atoms with Gasteiger partial charge in [0.15, 0.2) is 0 Å². The third-order valence-corrected chi connectivity index (χ3v) is 5.29. The second kappa shape index (κ2) is 11.7. The van der Waals surface area contributed by atoms with Gasteiger partial charge in [0.05, 0.1) is 5.71 Å². The summed E-state index contributed by atoms with van der Waals surface area (Å²) in [7, 11) is 0. The van der Waals surface area contributed by atoms with Gasteiger partial charge in [-0.15, -0.1) is 0 Å². The van der Waals surface area contributed by atoms with E-state index in [4.69, 9.17) is 16.4 Å². The molecule has 0 aliphatic heterocycles. The van der Waals surface area contributed by atoms with E-state index in [-0.39, 0.29) is 24.1 Å². The Bertz CT molecular complexity index is 461. The van der Waals surface area contributed by atoms with E-state index in [0.29, 0.717) is 30.2 Å². The number of carbonyl (C=O) groups is 2. The molecule has 0 amide bonds. The minimum atomic E-state index is -0.713. The third-order valence-electron chi connectivity index (χ3n) is 4.02. The second-order valence-electron chi connectivity index (χ2n) is 6.13. The Kier molecular flexibility index (Phi) is 10.3. The molecule has 136 valence electrons. The highest BCUT2D eigenvalue weighted by molar-refractivity contribution is 7.99. The van der Waals surface area contributed by atoms with Crippen molar-refractivity contribution in [3.63, 3.8) is 0 Å². The highest BCUT2D eigenvalue weighted by Crippen LogP contribution is 2.31. The van der Waals surface area contributed by atoms with Crippen molar-refractivity contribution < 1.29 is 14.4 Å². The molecule has 0 saturated heterocycles. The maximum absolute atomic E-state index is 12.6. The molecular weight excluding hydrogens is 346 g/mol. The molecule has 24 heavy (non-hydrogen) atoms. The van der Waals surface area contributed by atoms with Gasteiger partial charge in [-0.25, -0.2) is 0 Å². The van der Waals surface area contributed by atoms with Crippen molar-refractivity contribution in [1.29, 1.82) is 0 Å². The third kappa shape index (κ3) is 6.98. The molecule has 0 aromatic carbocycles. The van der Waals surface area contributed by atoms with Gasteiger partial charge >= 0.3 is 0 Å². The summed E-state index contributed by atoms with van der Waals surface area (Å²) in [5.74, 6) is 0.496. The predicted octanol–water partition coefficient (Wildman–Crippen LogP) is 4.61. The van der Waals surface area contributed by atoms with Crippen LogP contribution in [-0.2, 0) is 14.4 Å². The van der Waals surface area contributed by atoms with Crippen molar-refractivity contribution in [3.05, 3.63) is 11.6 Å². The summed E-state index contributed by atoms with van der Waals surface area (Å²) in [6, 6.07) is 0. The molecule has 1 saturated carbocycles. The number of oxime groups is 1. The molecule has 0 spiro atoms. The molecule has 0 heterocycles. The van der Waals surface area contributed by atoms with Gasteiger partial charge in [0, 0.05) is 23.6 Å². The molecule has 0 aromatic rings. The normalized spacial score (nSPS) is 23.8. The maximum atomic E-state index is 12.6. The first kappa shape index (κ1) is 21.2. The molecular formula is C18H28ClNO3S. The number of ketones is 2. The summed E-state index contributed by atoms with van der Waals surface area (Å²) in [4.78, 5) is 30.3. The summed E-state index contributed by atoms with van der Waals surface area (Å²) in [5.41, 5.74) is 1.91. The average Bonchev–Trinajstić information content (AvgIpc) is 2.51. The van der Waals surface area contributed by atoms with Crippen molar-refractivity contribution in [2.45, 2.75) is 58.1 Å². The number of Topliss-reactive ketones (excluding diaryl/α,β-unsaturated/α-hetero) is 2. The van der Waals surface area contributed by atoms with E-state index in [1.807, 2.05) is 18.7 Å². The molecule has 4 nitrogen and oxygen atoms in total. The van der Waals surface area contributed by atoms with Crippen LogP contribution in [-0.4, -0.2) is 34.9 Å². The largest absolute Gasteiger partial charge is 0.392 e. The number of rotatable bonds is 10. The van der Waals surface area contributed by atoms with Crippen LogP contribution in [0.15, 0.2) is 16.8 Å². The van der Waals surface area contributed by atoms with Crippen LogP contribution in [0.1, 0.15) is 52.9 Å². The zero-order chi connectivity index (χ0) is 17.9. The molecule has 0 radical (unpaired) electrons. The average molecular weight is 374 g/mol. The first-order valence-electron chi connectivity index (χ1n) is 8.64. The zero-order valence-corrected chi connectivity index (χ0v) is 16.4. The Hall–Kier alpha value is -0.810. The Morgan fingerprint density at radius 1 is 1.38 bits per heavy atom. The highest BCUT2D eigenvalue weighted by atomic mass is 35.5. The zero-order valence-electron chi connectivity index (χ0n) is 14.8. The lowest BCUT2D eigenvalue weighted by molar-refractivity contribution is -0.134. The van der Waals surface area contributed by atoms with Crippen LogP contribution in [0, 0.1) is 11.8 Å². The fourth-order valence-corrected chi connectivity index (χ4v) is 4.17. The van der Waals surface area contributed by atoms with Crippen LogP contribution < -0.4 is 0 Å². The van der Waals surface area contributed by atoms with E-state index >= 15 is 0 Å². The number of hydrogen-bond donors (Lipinski definition) is 0. The van der Waals surface area contributed by atoms with Gasteiger partial charge in [0.25, 0.3) is 0 Å². The van der Waals surface area contributed by atoms with Crippen molar-refractivity contribution in [1.82, 2.24) is 0 Å². The van der Waals surface area contributed by atoms with Crippen molar-refractivity contribution >= 4 is 40.6 Å². The van der Waals surface area contributed by atoms with Crippen molar-refractivity contribution in [3.8, 4) is 0 Å². The molecule has 1 atom stereocenters. The Labute approximate surface area is 154 Å². The van der Waals surface area contributed by atoms with E-state index in [9.17, 15) is 9.59 Å². The number of thioether (sulfide) groups is 1. The predicted molar refractivity (Wildman–Crippen MR) is 102 cm³/mol. The molecule has 1 aliphatic carbocycles. The van der Waals surface area contributed by atoms with Gasteiger partial charge in [0.2, 0.25) is 0 Å². The molecule has 0 bridgehead atoms. The lowest BCUT2D eigenvalue weighted by Gasteiger charge is -2.28. The molecule has 1 rings (SSSR count). The Morgan fingerprint density at radius 3 is 2.58 bits per heavy atom. The lowest BCUT2D eigenvalue weighted by atomic mass is 9.75. The lowest BCUT2D eigenvalue weighted by Crippen LogP contribution is -2.39. The van der Waals surface area contributed by atoms with E-state index in [1.165, 1.54) is 5.54 Å². The molecule has 0 N–H and O–H groups in total. The van der Waals surface area contributed by atoms with Crippen LogP contribution in [0.3, 0.4) is 0 Å². The van der Waals surface area contributed by atoms with Gasteiger partial charge in [-0.2, -0.15) is 11.8 Å². The molecule has 1 fully saturated rings. The summed E-state index contributed by atoms with van der Waals surface area (Å²) in [6.07, 6.45) is 4.88. The number of carbonyl (C=O) groups excluding carboxylic acids is 2. The molecule has 1 unspecified atom stereocenters. The van der Waals surface area contributed by atoms with Crippen LogP contribution >= 0.6 is 23.4 Å². The number of nitrogens with zero attached hydrogens (tertiary/aromatic N) is 1. The number of halogens is 1. The van der Waals surface area contributed by atoms with E-state index in [2.05, 4.69) is 19.0 Å². The van der Waals surface area contributed by atoms with Crippen molar-refractivity contribution in [2.24, 2.45) is 17.0 Å². The maximum Gasteiger partial charge on any atom is 0.149 e. The topological polar surface area (TPSA) is 55.7 Å². The van der Waals surface area contributed by atoms with Gasteiger partial charge < -0.3 is 4.84 Å². The summed E-state index contributed by atoms with van der Waals surface area (Å²) in [6.45, 7) is 6.53. The summed E-state index contributed by atoms with van der Waals surface area (Å²) >= 11 is 7.31. The first-order valence-corrected chi connectivity index (χ1v) is 10.1. The van der Waals surface area contributed by atoms with Gasteiger partial charge in [0.1, 0.15) is 24.1 Å². The quantitative estimate of drug-likeness (QED) is 0.243. The van der Waals surface area contributed by atoms with E-state index < -0.39 is 5.92 Å². The molecule has 0 aromatic heterocycles.